The van der Waals surface area contributed by atoms with Crippen molar-refractivity contribution in [2.24, 2.45) is 0 Å². The summed E-state index contributed by atoms with van der Waals surface area (Å²) in [5.74, 6) is 0. The Kier molecular flexibility index (Phi) is 2.25. The van der Waals surface area contributed by atoms with Gasteiger partial charge < -0.3 is 9.88 Å². The lowest BCUT2D eigenvalue weighted by atomic mass is 10.0. The molecular weight excluding hydrogens is 196 g/mol. The van der Waals surface area contributed by atoms with Crippen LogP contribution in [0.25, 0.3) is 10.9 Å². The summed E-state index contributed by atoms with van der Waals surface area (Å²) < 4.78 is 2.50. The zero-order valence-corrected chi connectivity index (χ0v) is 10.0. The first-order valence-corrected chi connectivity index (χ1v) is 6.07. The molecule has 2 heteroatoms. The Morgan fingerprint density at radius 2 is 2.25 bits per heavy atom. The van der Waals surface area contributed by atoms with Gasteiger partial charge in [-0.1, -0.05) is 18.2 Å². The third-order valence-electron chi connectivity index (χ3n) is 3.74. The van der Waals surface area contributed by atoms with Gasteiger partial charge in [-0.3, -0.25) is 0 Å². The van der Waals surface area contributed by atoms with E-state index in [1.54, 1.807) is 0 Å². The summed E-state index contributed by atoms with van der Waals surface area (Å²) in [4.78, 5) is 0. The minimum Gasteiger partial charge on any atom is -0.344 e. The van der Waals surface area contributed by atoms with Crippen molar-refractivity contribution < 1.29 is 0 Å². The third kappa shape index (κ3) is 1.23. The lowest BCUT2D eigenvalue weighted by Crippen LogP contribution is -2.09. The van der Waals surface area contributed by atoms with Crippen molar-refractivity contribution in [2.75, 3.05) is 7.05 Å². The molecule has 0 bridgehead atoms. The van der Waals surface area contributed by atoms with E-state index in [4.69, 9.17) is 0 Å². The topological polar surface area (TPSA) is 17.0 Å². The van der Waals surface area contributed by atoms with Gasteiger partial charge in [0.2, 0.25) is 0 Å². The predicted octanol–water partition coefficient (Wildman–Crippen LogP) is 2.62. The average molecular weight is 214 g/mol. The molecule has 3 rings (SSSR count). The maximum atomic E-state index is 3.28. The SMILES string of the molecule is CNCc1c(C)n2c3c(cccc13)CCC2. The molecule has 0 spiro atoms. The molecule has 2 aromatic rings. The molecule has 0 atom stereocenters. The summed E-state index contributed by atoms with van der Waals surface area (Å²) in [5.41, 5.74) is 5.92. The van der Waals surface area contributed by atoms with E-state index in [1.807, 2.05) is 7.05 Å². The molecule has 1 aromatic heterocycles. The van der Waals surface area contributed by atoms with E-state index < -0.39 is 0 Å². The number of para-hydroxylation sites is 1. The van der Waals surface area contributed by atoms with E-state index in [2.05, 4.69) is 35.0 Å². The Morgan fingerprint density at radius 1 is 1.38 bits per heavy atom. The van der Waals surface area contributed by atoms with Crippen LogP contribution in [0.4, 0.5) is 0 Å². The molecule has 0 fully saturated rings. The van der Waals surface area contributed by atoms with Crippen LogP contribution in [-0.2, 0) is 19.5 Å². The summed E-state index contributed by atoms with van der Waals surface area (Å²) in [6.45, 7) is 4.41. The van der Waals surface area contributed by atoms with Crippen molar-refractivity contribution >= 4 is 10.9 Å². The van der Waals surface area contributed by atoms with Crippen molar-refractivity contribution in [3.8, 4) is 0 Å². The molecule has 0 saturated carbocycles. The van der Waals surface area contributed by atoms with Gasteiger partial charge in [0, 0.05) is 24.2 Å². The van der Waals surface area contributed by atoms with E-state index >= 15 is 0 Å². The van der Waals surface area contributed by atoms with Crippen LogP contribution in [0.3, 0.4) is 0 Å². The van der Waals surface area contributed by atoms with E-state index in [0.717, 1.165) is 6.54 Å². The normalized spacial score (nSPS) is 14.6. The lowest BCUT2D eigenvalue weighted by Gasteiger charge is -2.16. The number of rotatable bonds is 2. The Morgan fingerprint density at radius 3 is 3.06 bits per heavy atom. The Bertz CT molecular complexity index is 537. The van der Waals surface area contributed by atoms with Crippen LogP contribution in [0, 0.1) is 6.92 Å². The van der Waals surface area contributed by atoms with E-state index in [0.29, 0.717) is 0 Å². The molecule has 1 aromatic carbocycles. The fourth-order valence-electron chi connectivity index (χ4n) is 2.99. The van der Waals surface area contributed by atoms with Gasteiger partial charge in [-0.25, -0.2) is 0 Å². The first kappa shape index (κ1) is 9.91. The Labute approximate surface area is 96.3 Å². The van der Waals surface area contributed by atoms with Crippen LogP contribution in [-0.4, -0.2) is 11.6 Å². The van der Waals surface area contributed by atoms with Crippen LogP contribution >= 0.6 is 0 Å². The van der Waals surface area contributed by atoms with Gasteiger partial charge in [0.25, 0.3) is 0 Å². The zero-order chi connectivity index (χ0) is 11.1. The molecule has 1 aliphatic heterocycles. The zero-order valence-electron chi connectivity index (χ0n) is 10.0. The lowest BCUT2D eigenvalue weighted by molar-refractivity contribution is 0.619. The molecule has 2 nitrogen and oxygen atoms in total. The average Bonchev–Trinajstić information content (AvgIpc) is 2.58. The van der Waals surface area contributed by atoms with Gasteiger partial charge in [0.1, 0.15) is 0 Å². The van der Waals surface area contributed by atoms with Gasteiger partial charge in [-0.2, -0.15) is 0 Å². The Hall–Kier alpha value is -1.28. The largest absolute Gasteiger partial charge is 0.344 e. The third-order valence-corrected chi connectivity index (χ3v) is 3.74. The molecule has 0 unspecified atom stereocenters. The highest BCUT2D eigenvalue weighted by Gasteiger charge is 2.18. The fourth-order valence-corrected chi connectivity index (χ4v) is 2.99. The number of nitrogens with one attached hydrogen (secondary N) is 1. The number of benzene rings is 1. The van der Waals surface area contributed by atoms with Gasteiger partial charge >= 0.3 is 0 Å². The van der Waals surface area contributed by atoms with Gasteiger partial charge in [-0.15, -0.1) is 0 Å². The van der Waals surface area contributed by atoms with Crippen molar-refractivity contribution in [3.05, 3.63) is 35.0 Å². The van der Waals surface area contributed by atoms with Gasteiger partial charge in [0.15, 0.2) is 0 Å². The quantitative estimate of drug-likeness (QED) is 0.813. The van der Waals surface area contributed by atoms with Crippen LogP contribution in [0.1, 0.15) is 23.2 Å². The van der Waals surface area contributed by atoms with Gasteiger partial charge in [0.05, 0.1) is 5.52 Å². The highest BCUT2D eigenvalue weighted by atomic mass is 15.0. The van der Waals surface area contributed by atoms with Crippen LogP contribution in [0.15, 0.2) is 18.2 Å². The standard InChI is InChI=1S/C14H18N2/c1-10-13(9-15-2)12-7-3-5-11-6-4-8-16(10)14(11)12/h3,5,7,15H,4,6,8-9H2,1-2H3. The van der Waals surface area contributed by atoms with Crippen molar-refractivity contribution in [2.45, 2.75) is 32.9 Å². The number of aromatic nitrogens is 1. The van der Waals surface area contributed by atoms with E-state index in [-0.39, 0.29) is 0 Å². The maximum Gasteiger partial charge on any atom is 0.0518 e. The van der Waals surface area contributed by atoms with E-state index in [1.165, 1.54) is 47.1 Å². The minimum atomic E-state index is 0.971. The summed E-state index contributed by atoms with van der Waals surface area (Å²) in [7, 11) is 2.02. The molecule has 0 aliphatic carbocycles. The summed E-state index contributed by atoms with van der Waals surface area (Å²) >= 11 is 0. The van der Waals surface area contributed by atoms with Crippen LogP contribution < -0.4 is 5.32 Å². The minimum absolute atomic E-state index is 0.971. The predicted molar refractivity (Wildman–Crippen MR) is 67.8 cm³/mol. The van der Waals surface area contributed by atoms with Crippen molar-refractivity contribution in [3.63, 3.8) is 0 Å². The Balaban J connectivity index is 2.36. The number of aryl methyl sites for hydroxylation is 2. The molecule has 1 aliphatic rings. The highest BCUT2D eigenvalue weighted by molar-refractivity contribution is 5.88. The number of hydrogen-bond acceptors (Lipinski definition) is 1. The summed E-state index contributed by atoms with van der Waals surface area (Å²) in [6.07, 6.45) is 2.51. The molecule has 0 saturated heterocycles. The molecule has 0 radical (unpaired) electrons. The number of hydrogen-bond donors (Lipinski definition) is 1. The number of nitrogens with zero attached hydrogens (tertiary/aromatic N) is 1. The second kappa shape index (κ2) is 3.63. The molecule has 0 amide bonds. The smallest absolute Gasteiger partial charge is 0.0518 e. The van der Waals surface area contributed by atoms with Crippen molar-refractivity contribution in [1.82, 2.24) is 9.88 Å². The molecular formula is C14H18N2. The summed E-state index contributed by atoms with van der Waals surface area (Å²) in [6, 6.07) is 6.74. The first-order chi connectivity index (χ1) is 7.83. The summed E-state index contributed by atoms with van der Waals surface area (Å²) in [5, 5.41) is 4.73. The molecule has 84 valence electrons. The molecule has 2 heterocycles. The van der Waals surface area contributed by atoms with Gasteiger partial charge in [-0.05, 0) is 37.9 Å². The first-order valence-electron chi connectivity index (χ1n) is 6.07. The second-order valence-electron chi connectivity index (χ2n) is 4.66. The monoisotopic (exact) mass is 214 g/mol. The molecule has 16 heavy (non-hydrogen) atoms. The maximum absolute atomic E-state index is 3.28. The molecule has 1 N–H and O–H groups in total. The second-order valence-corrected chi connectivity index (χ2v) is 4.66. The van der Waals surface area contributed by atoms with Crippen LogP contribution in [0.5, 0.6) is 0 Å². The van der Waals surface area contributed by atoms with Crippen molar-refractivity contribution in [1.29, 1.82) is 0 Å². The van der Waals surface area contributed by atoms with E-state index in [9.17, 15) is 0 Å². The highest BCUT2D eigenvalue weighted by Crippen LogP contribution is 2.32. The van der Waals surface area contributed by atoms with Crippen LogP contribution in [0.2, 0.25) is 0 Å². The fraction of sp³-hybridized carbons (Fsp3) is 0.429.